The molecule has 0 bridgehead atoms. The Hall–Kier alpha value is -3.29. The highest BCUT2D eigenvalue weighted by Crippen LogP contribution is 2.77. The number of nitrogens with one attached hydrogen (secondary N) is 1. The van der Waals surface area contributed by atoms with E-state index in [1.807, 2.05) is 25.1 Å². The molecule has 4 saturated carbocycles. The van der Waals surface area contributed by atoms with Gasteiger partial charge in [0.1, 0.15) is 6.10 Å². The zero-order chi connectivity index (χ0) is 38.9. The number of allylic oxidation sites excluding steroid dienone is 3. The first-order valence-electron chi connectivity index (χ1n) is 20.2. The summed E-state index contributed by atoms with van der Waals surface area (Å²) in [5.74, 6) is -0.0965. The minimum Gasteiger partial charge on any atom is -0.481 e. The Morgan fingerprint density at radius 2 is 1.68 bits per heavy atom. The Balaban J connectivity index is 1.27. The molecule has 5 aliphatic carbocycles. The van der Waals surface area contributed by atoms with Crippen molar-refractivity contribution in [3.05, 3.63) is 53.4 Å². The van der Waals surface area contributed by atoms with E-state index in [9.17, 15) is 24.3 Å². The van der Waals surface area contributed by atoms with Crippen LogP contribution in [0.25, 0.3) is 0 Å². The molecule has 0 radical (unpaired) electrons. The third-order valence-electron chi connectivity index (χ3n) is 15.9. The van der Waals surface area contributed by atoms with Gasteiger partial charge in [0, 0.05) is 23.4 Å². The molecule has 0 spiro atoms. The van der Waals surface area contributed by atoms with Crippen LogP contribution in [0.1, 0.15) is 145 Å². The third kappa shape index (κ3) is 6.32. The molecule has 0 aromatic carbocycles. The minimum absolute atomic E-state index is 0.00699. The molecule has 6 rings (SSSR count). The summed E-state index contributed by atoms with van der Waals surface area (Å²) >= 11 is 0. The van der Waals surface area contributed by atoms with E-state index in [2.05, 4.69) is 64.8 Å². The number of Topliss-reactive ketones (excluding diaryl/α,β-unsaturated/α-hetero) is 1. The van der Waals surface area contributed by atoms with Gasteiger partial charge in [0.05, 0.1) is 23.6 Å². The molecule has 1 aromatic heterocycles. The van der Waals surface area contributed by atoms with Gasteiger partial charge in [-0.3, -0.25) is 24.2 Å². The van der Waals surface area contributed by atoms with E-state index in [0.29, 0.717) is 18.3 Å². The first kappa shape index (κ1) is 39.4. The number of amides is 1. The maximum atomic E-state index is 14.0. The largest absolute Gasteiger partial charge is 0.481 e. The van der Waals surface area contributed by atoms with Crippen molar-refractivity contribution in [3.8, 4) is 0 Å². The summed E-state index contributed by atoms with van der Waals surface area (Å²) in [6.45, 7) is 21.5. The van der Waals surface area contributed by atoms with Crippen LogP contribution < -0.4 is 5.32 Å². The van der Waals surface area contributed by atoms with E-state index < -0.39 is 22.8 Å². The van der Waals surface area contributed by atoms with Crippen LogP contribution in [0.15, 0.2) is 47.7 Å². The number of esters is 1. The fourth-order valence-electron chi connectivity index (χ4n) is 12.9. The summed E-state index contributed by atoms with van der Waals surface area (Å²) in [5.41, 5.74) is 1.39. The summed E-state index contributed by atoms with van der Waals surface area (Å²) in [7, 11) is 0. The molecule has 1 aromatic rings. The Kier molecular flexibility index (Phi) is 10.0. The van der Waals surface area contributed by atoms with Gasteiger partial charge in [-0.1, -0.05) is 60.6 Å². The summed E-state index contributed by atoms with van der Waals surface area (Å²) in [6, 6.07) is 5.48. The highest BCUT2D eigenvalue weighted by atomic mass is 16.5. The number of hydrogen-bond donors (Lipinski definition) is 2. The standard InChI is InChI=1S/C45H64N2O6/c1-27(2)37-31(48)25-45(21-18-35(49)47-28(3)30-13-11-12-24-46-30)23-22-43(9)29(38(37)45)14-15-33-42(8)19-17-34(53-36(50)26-40(4,5)39(51)52)41(6,7)32(42)16-20-44(33,43)10/h11-13,18,21,24,27-29,32-34H,14-17,19-20,22-23,25-26H2,1-10H3,(H,47,49)(H,51,52)/b21-18+/t28-,29+,32-,33+,34-,42-,43+,44+,45-/m0/s1. The van der Waals surface area contributed by atoms with Crippen LogP contribution in [-0.2, 0) is 23.9 Å². The van der Waals surface area contributed by atoms with Crippen LogP contribution in [0.4, 0.5) is 0 Å². The molecular weight excluding hydrogens is 665 g/mol. The molecule has 0 unspecified atom stereocenters. The zero-order valence-corrected chi connectivity index (χ0v) is 33.9. The van der Waals surface area contributed by atoms with Gasteiger partial charge in [-0.05, 0) is 141 Å². The number of rotatable bonds is 9. The number of nitrogens with zero attached hydrogens (tertiary/aromatic N) is 1. The number of aromatic nitrogens is 1. The van der Waals surface area contributed by atoms with Gasteiger partial charge in [-0.15, -0.1) is 0 Å². The summed E-state index contributed by atoms with van der Waals surface area (Å²) in [5, 5.41) is 12.7. The number of fused-ring (bicyclic) bond motifs is 7. The lowest BCUT2D eigenvalue weighted by Crippen LogP contribution is -2.65. The lowest BCUT2D eigenvalue weighted by Gasteiger charge is -2.72. The first-order valence-corrected chi connectivity index (χ1v) is 20.2. The van der Waals surface area contributed by atoms with Gasteiger partial charge in [-0.2, -0.15) is 0 Å². The molecule has 0 saturated heterocycles. The van der Waals surface area contributed by atoms with E-state index in [0.717, 1.165) is 62.6 Å². The average molecular weight is 729 g/mol. The van der Waals surface area contributed by atoms with Crippen molar-refractivity contribution >= 4 is 23.6 Å². The fraction of sp³-hybridized carbons (Fsp3) is 0.711. The summed E-state index contributed by atoms with van der Waals surface area (Å²) in [4.78, 5) is 56.6. The predicted octanol–water partition coefficient (Wildman–Crippen LogP) is 9.21. The van der Waals surface area contributed by atoms with Crippen LogP contribution >= 0.6 is 0 Å². The van der Waals surface area contributed by atoms with Crippen molar-refractivity contribution in [2.45, 2.75) is 146 Å². The molecule has 1 heterocycles. The molecule has 53 heavy (non-hydrogen) atoms. The van der Waals surface area contributed by atoms with Gasteiger partial charge in [0.25, 0.3) is 0 Å². The van der Waals surface area contributed by atoms with Crippen molar-refractivity contribution in [1.82, 2.24) is 10.3 Å². The monoisotopic (exact) mass is 728 g/mol. The van der Waals surface area contributed by atoms with E-state index in [-0.39, 0.29) is 63.8 Å². The lowest BCUT2D eigenvalue weighted by atomic mass is 9.33. The van der Waals surface area contributed by atoms with E-state index >= 15 is 0 Å². The van der Waals surface area contributed by atoms with Crippen molar-refractivity contribution in [2.75, 3.05) is 0 Å². The summed E-state index contributed by atoms with van der Waals surface area (Å²) < 4.78 is 6.16. The maximum Gasteiger partial charge on any atom is 0.309 e. The van der Waals surface area contributed by atoms with Crippen LogP contribution in [0.5, 0.6) is 0 Å². The average Bonchev–Trinajstić information content (AvgIpc) is 3.38. The Bertz CT molecular complexity index is 1710. The molecule has 8 heteroatoms. The highest BCUT2D eigenvalue weighted by molar-refractivity contribution is 6.01. The predicted molar refractivity (Wildman–Crippen MR) is 205 cm³/mol. The Labute approximate surface area is 317 Å². The molecule has 8 nitrogen and oxygen atoms in total. The quantitative estimate of drug-likeness (QED) is 0.192. The second kappa shape index (κ2) is 13.5. The van der Waals surface area contributed by atoms with E-state index in [1.165, 1.54) is 5.57 Å². The van der Waals surface area contributed by atoms with Crippen molar-refractivity contribution in [3.63, 3.8) is 0 Å². The van der Waals surface area contributed by atoms with Gasteiger partial charge in [0.2, 0.25) is 5.91 Å². The number of pyridine rings is 1. The number of carbonyl (C=O) groups excluding carboxylic acids is 3. The molecule has 5 aliphatic rings. The maximum absolute atomic E-state index is 14.0. The van der Waals surface area contributed by atoms with Crippen molar-refractivity contribution in [1.29, 1.82) is 0 Å². The first-order chi connectivity index (χ1) is 24.6. The third-order valence-corrected chi connectivity index (χ3v) is 15.9. The Morgan fingerprint density at radius 3 is 2.32 bits per heavy atom. The molecule has 1 amide bonds. The molecular formula is C45H64N2O6. The number of carboxylic acids is 1. The van der Waals surface area contributed by atoms with E-state index in [1.54, 1.807) is 26.1 Å². The number of ketones is 1. The minimum atomic E-state index is -1.17. The number of carbonyl (C=O) groups is 4. The fourth-order valence-corrected chi connectivity index (χ4v) is 12.9. The lowest BCUT2D eigenvalue weighted by molar-refractivity contribution is -0.232. The number of ether oxygens (including phenoxy) is 1. The van der Waals surface area contributed by atoms with Gasteiger partial charge in [0.15, 0.2) is 5.78 Å². The van der Waals surface area contributed by atoms with Gasteiger partial charge >= 0.3 is 11.9 Å². The molecule has 9 atom stereocenters. The normalized spacial score (nSPS) is 37.0. The summed E-state index contributed by atoms with van der Waals surface area (Å²) in [6.07, 6.45) is 13.4. The number of hydrogen-bond acceptors (Lipinski definition) is 6. The Morgan fingerprint density at radius 1 is 0.962 bits per heavy atom. The van der Waals surface area contributed by atoms with Gasteiger partial charge < -0.3 is 15.2 Å². The molecule has 0 aliphatic heterocycles. The van der Waals surface area contributed by atoms with Crippen molar-refractivity contribution < 1.29 is 29.0 Å². The van der Waals surface area contributed by atoms with Crippen LogP contribution in [-0.4, -0.2) is 39.8 Å². The van der Waals surface area contributed by atoms with Crippen LogP contribution in [0.3, 0.4) is 0 Å². The van der Waals surface area contributed by atoms with Crippen LogP contribution in [0.2, 0.25) is 0 Å². The van der Waals surface area contributed by atoms with Crippen LogP contribution in [0, 0.1) is 56.2 Å². The molecule has 290 valence electrons. The highest BCUT2D eigenvalue weighted by Gasteiger charge is 2.70. The molecule has 2 N–H and O–H groups in total. The van der Waals surface area contributed by atoms with Gasteiger partial charge in [-0.25, -0.2) is 0 Å². The topological polar surface area (TPSA) is 123 Å². The zero-order valence-electron chi connectivity index (χ0n) is 33.9. The molecule has 4 fully saturated rings. The van der Waals surface area contributed by atoms with Crippen molar-refractivity contribution in [2.24, 2.45) is 56.2 Å². The number of carboxylic acid groups (broad SMARTS) is 1. The smallest absolute Gasteiger partial charge is 0.309 e. The second-order valence-corrected chi connectivity index (χ2v) is 19.9. The SMILES string of the molecule is CC(C)C1=C2[C@H]3CC[C@@H]4[C@@]5(C)CC[C@H](OC(=O)CC(C)(C)C(=O)O)C(C)(C)[C@@H]5CC[C@@]4(C)[C@]3(C)CC[C@@]2(/C=C/C(=O)N[C@@H](C)c2ccccn2)CC1=O. The number of aliphatic carboxylic acids is 1. The second-order valence-electron chi connectivity index (χ2n) is 19.9. The van der Waals surface area contributed by atoms with E-state index in [4.69, 9.17) is 4.74 Å².